The molecule has 0 saturated heterocycles. The summed E-state index contributed by atoms with van der Waals surface area (Å²) in [5, 5.41) is 39.4. The van der Waals surface area contributed by atoms with Gasteiger partial charge in [0.25, 0.3) is 0 Å². The average molecular weight is 553 g/mol. The van der Waals surface area contributed by atoms with Gasteiger partial charge >= 0.3 is 6.36 Å². The molecule has 4 N–H and O–H groups in total. The molecular weight excluding hydrogens is 525 g/mol. The number of fused-ring (bicyclic) bond motifs is 1. The highest BCUT2D eigenvalue weighted by Crippen LogP contribution is 2.31. The number of alkyl halides is 3. The van der Waals surface area contributed by atoms with E-state index in [4.69, 9.17) is 10.00 Å². The molecule has 4 aromatic rings. The molecule has 13 heteroatoms. The van der Waals surface area contributed by atoms with Crippen LogP contribution in [0.1, 0.15) is 29.7 Å². The lowest BCUT2D eigenvalue weighted by Gasteiger charge is -2.12. The van der Waals surface area contributed by atoms with Crippen LogP contribution in [0.15, 0.2) is 42.7 Å². The first kappa shape index (κ1) is 28.4. The van der Waals surface area contributed by atoms with Gasteiger partial charge in [0.2, 0.25) is 0 Å². The van der Waals surface area contributed by atoms with Crippen LogP contribution < -0.4 is 15.4 Å². The normalized spacial score (nSPS) is 11.3. The fraction of sp³-hybridized carbons (Fsp3) is 0.333. The molecule has 0 saturated carbocycles. The molecule has 0 fully saturated rings. The lowest BCUT2D eigenvalue weighted by Crippen LogP contribution is -2.18. The van der Waals surface area contributed by atoms with Crippen molar-refractivity contribution >= 4 is 16.6 Å². The molecule has 2 aromatic carbocycles. The number of nitriles is 2. The first-order valence-electron chi connectivity index (χ1n) is 12.5. The van der Waals surface area contributed by atoms with Crippen LogP contribution in [0.5, 0.6) is 5.75 Å². The van der Waals surface area contributed by atoms with Gasteiger partial charge in [-0.25, -0.2) is 0 Å². The number of unbranched alkanes of at least 4 members (excludes halogenated alkanes) is 1. The number of ether oxygens (including phenoxy) is 2. The number of nitrogens with zero attached hydrogens (tertiary/aromatic N) is 4. The molecule has 0 amide bonds. The number of anilines is 1. The minimum atomic E-state index is -4.79. The quantitative estimate of drug-likeness (QED) is 0.163. The Hall–Kier alpha value is -4.59. The standard InChI is InChI=1S/C27H27F3N8O2/c28-27(29,30)40-21-10-18(3-4-31)9-19(11-21)15-33-5-1-2-7-39-8-6-34-24-12-20(13-25-23(24)17-36-37-25)22-16-35-38-26(22)14-32/h9-13,16-17,33-34H,1-3,5-8,15H2,(H,35,38)(H,36,37). The van der Waals surface area contributed by atoms with Gasteiger partial charge in [-0.3, -0.25) is 10.2 Å². The molecule has 4 rings (SSSR count). The van der Waals surface area contributed by atoms with Crippen molar-refractivity contribution < 1.29 is 22.6 Å². The van der Waals surface area contributed by atoms with Gasteiger partial charge in [-0.2, -0.15) is 20.7 Å². The molecule has 10 nitrogen and oxygen atoms in total. The van der Waals surface area contributed by atoms with E-state index in [2.05, 4.69) is 41.8 Å². The summed E-state index contributed by atoms with van der Waals surface area (Å²) >= 11 is 0. The second-order valence-corrected chi connectivity index (χ2v) is 8.92. The van der Waals surface area contributed by atoms with Gasteiger partial charge < -0.3 is 20.1 Å². The van der Waals surface area contributed by atoms with Gasteiger partial charge in [0.1, 0.15) is 17.5 Å². The van der Waals surface area contributed by atoms with Crippen molar-refractivity contribution in [3.63, 3.8) is 0 Å². The summed E-state index contributed by atoms with van der Waals surface area (Å²) in [5.41, 5.74) is 4.70. The smallest absolute Gasteiger partial charge is 0.406 e. The van der Waals surface area contributed by atoms with Crippen LogP contribution in [0, 0.1) is 22.7 Å². The lowest BCUT2D eigenvalue weighted by molar-refractivity contribution is -0.274. The number of nitrogens with one attached hydrogen (secondary N) is 4. The molecule has 0 atom stereocenters. The van der Waals surface area contributed by atoms with Crippen LogP contribution in [0.2, 0.25) is 0 Å². The number of aromatic nitrogens is 4. The summed E-state index contributed by atoms with van der Waals surface area (Å²) in [7, 11) is 0. The number of rotatable bonds is 14. The average Bonchev–Trinajstić information content (AvgIpc) is 3.58. The van der Waals surface area contributed by atoms with Crippen molar-refractivity contribution in [2.24, 2.45) is 0 Å². The second-order valence-electron chi connectivity index (χ2n) is 8.92. The summed E-state index contributed by atoms with van der Waals surface area (Å²) in [5.74, 6) is -0.326. The molecule has 0 aliphatic heterocycles. The molecule has 0 unspecified atom stereocenters. The van der Waals surface area contributed by atoms with Crippen LogP contribution in [0.25, 0.3) is 22.0 Å². The Balaban J connectivity index is 1.16. The number of H-pyrrole nitrogens is 2. The van der Waals surface area contributed by atoms with E-state index < -0.39 is 6.36 Å². The summed E-state index contributed by atoms with van der Waals surface area (Å²) in [4.78, 5) is 0. The molecule has 2 heterocycles. The predicted molar refractivity (Wildman–Crippen MR) is 141 cm³/mol. The van der Waals surface area contributed by atoms with Crippen molar-refractivity contribution in [3.8, 4) is 29.0 Å². The molecule has 0 spiro atoms. The van der Waals surface area contributed by atoms with Crippen LogP contribution in [0.4, 0.5) is 18.9 Å². The van der Waals surface area contributed by atoms with Crippen LogP contribution in [-0.2, 0) is 17.7 Å². The third kappa shape index (κ3) is 7.96. The largest absolute Gasteiger partial charge is 0.573 e. The van der Waals surface area contributed by atoms with Gasteiger partial charge in [-0.1, -0.05) is 6.07 Å². The van der Waals surface area contributed by atoms with E-state index in [1.54, 1.807) is 18.5 Å². The molecule has 0 radical (unpaired) electrons. The van der Waals surface area contributed by atoms with E-state index in [0.717, 1.165) is 35.0 Å². The highest BCUT2D eigenvalue weighted by atomic mass is 19.4. The zero-order chi connectivity index (χ0) is 28.4. The molecule has 2 aromatic heterocycles. The zero-order valence-electron chi connectivity index (χ0n) is 21.4. The first-order chi connectivity index (χ1) is 19.4. The Kier molecular flexibility index (Phi) is 9.57. The van der Waals surface area contributed by atoms with Crippen molar-refractivity contribution in [3.05, 3.63) is 59.5 Å². The Morgan fingerprint density at radius 3 is 2.55 bits per heavy atom. The van der Waals surface area contributed by atoms with Gasteiger partial charge in [0, 0.05) is 36.3 Å². The SMILES string of the molecule is N#CCc1cc(CNCCCCOCCNc2cc(-c3cn[nH]c3C#N)cc3[nH]ncc23)cc(OC(F)(F)F)c1. The summed E-state index contributed by atoms with van der Waals surface area (Å²) in [6, 6.07) is 12.2. The van der Waals surface area contributed by atoms with E-state index >= 15 is 0 Å². The Bertz CT molecular complexity index is 1500. The monoisotopic (exact) mass is 552 g/mol. The Morgan fingerprint density at radius 2 is 1.75 bits per heavy atom. The number of halogens is 3. The topological polar surface area (TPSA) is 147 Å². The third-order valence-electron chi connectivity index (χ3n) is 5.95. The lowest BCUT2D eigenvalue weighted by atomic mass is 10.0. The number of hydrogen-bond acceptors (Lipinski definition) is 8. The molecule has 40 heavy (non-hydrogen) atoms. The minimum Gasteiger partial charge on any atom is -0.406 e. The molecule has 0 bridgehead atoms. The fourth-order valence-corrected chi connectivity index (χ4v) is 4.21. The van der Waals surface area contributed by atoms with E-state index in [0.29, 0.717) is 55.2 Å². The van der Waals surface area contributed by atoms with E-state index in [1.807, 2.05) is 18.2 Å². The van der Waals surface area contributed by atoms with Crippen LogP contribution >= 0.6 is 0 Å². The van der Waals surface area contributed by atoms with Crippen molar-refractivity contribution in [2.45, 2.75) is 32.2 Å². The summed E-state index contributed by atoms with van der Waals surface area (Å²) in [6.07, 6.45) is 0.190. The maximum atomic E-state index is 12.6. The number of benzene rings is 2. The van der Waals surface area contributed by atoms with Crippen molar-refractivity contribution in [2.75, 3.05) is 31.6 Å². The first-order valence-corrected chi connectivity index (χ1v) is 12.5. The van der Waals surface area contributed by atoms with E-state index in [-0.39, 0.29) is 12.2 Å². The van der Waals surface area contributed by atoms with Gasteiger partial charge in [0.15, 0.2) is 0 Å². The molecule has 0 aliphatic carbocycles. The summed E-state index contributed by atoms with van der Waals surface area (Å²) < 4.78 is 47.5. The Morgan fingerprint density at radius 1 is 0.925 bits per heavy atom. The van der Waals surface area contributed by atoms with Crippen LogP contribution in [0.3, 0.4) is 0 Å². The predicted octanol–water partition coefficient (Wildman–Crippen LogP) is 4.79. The van der Waals surface area contributed by atoms with Gasteiger partial charge in [0.05, 0.1) is 37.0 Å². The minimum absolute atomic E-state index is 0.000837. The zero-order valence-corrected chi connectivity index (χ0v) is 21.4. The van der Waals surface area contributed by atoms with Gasteiger partial charge in [-0.05, 0) is 60.3 Å². The number of aromatic amines is 2. The van der Waals surface area contributed by atoms with Crippen molar-refractivity contribution in [1.82, 2.24) is 25.7 Å². The maximum absolute atomic E-state index is 12.6. The third-order valence-corrected chi connectivity index (χ3v) is 5.95. The highest BCUT2D eigenvalue weighted by molar-refractivity contribution is 5.95. The van der Waals surface area contributed by atoms with Crippen LogP contribution in [-0.4, -0.2) is 53.1 Å². The molecule has 208 valence electrons. The highest BCUT2D eigenvalue weighted by Gasteiger charge is 2.31. The second kappa shape index (κ2) is 13.5. The molecule has 0 aliphatic rings. The van der Waals surface area contributed by atoms with E-state index in [9.17, 15) is 18.4 Å². The van der Waals surface area contributed by atoms with Crippen molar-refractivity contribution in [1.29, 1.82) is 10.5 Å². The molecular formula is C27H27F3N8O2. The number of hydrogen-bond donors (Lipinski definition) is 4. The maximum Gasteiger partial charge on any atom is 0.573 e. The Labute approximate surface area is 228 Å². The summed E-state index contributed by atoms with van der Waals surface area (Å²) in [6.45, 7) is 2.63. The fourth-order valence-electron chi connectivity index (χ4n) is 4.21. The van der Waals surface area contributed by atoms with E-state index in [1.165, 1.54) is 12.1 Å². The van der Waals surface area contributed by atoms with Gasteiger partial charge in [-0.15, -0.1) is 13.2 Å².